The Morgan fingerprint density at radius 3 is 2.89 bits per heavy atom. The summed E-state index contributed by atoms with van der Waals surface area (Å²) in [5.41, 5.74) is 0.410. The van der Waals surface area contributed by atoms with Crippen molar-refractivity contribution < 1.29 is 19.7 Å². The molecule has 0 aromatic heterocycles. The zero-order valence-electron chi connectivity index (χ0n) is 11.3. The first-order chi connectivity index (χ1) is 8.84. The number of aliphatic hydroxyl groups is 2. The number of hydrogen-bond donors (Lipinski definition) is 2. The molecule has 0 radical (unpaired) electrons. The van der Waals surface area contributed by atoms with E-state index in [4.69, 9.17) is 4.74 Å². The molecule has 0 aromatic carbocycles. The quantitative estimate of drug-likeness (QED) is 0.392. The van der Waals surface area contributed by atoms with Crippen molar-refractivity contribution in [1.29, 1.82) is 0 Å². The Morgan fingerprint density at radius 2 is 2.21 bits per heavy atom. The summed E-state index contributed by atoms with van der Waals surface area (Å²) in [6.45, 7) is 7.49. The van der Waals surface area contributed by atoms with E-state index in [1.807, 2.05) is 6.92 Å². The second kappa shape index (κ2) is 3.93. The van der Waals surface area contributed by atoms with Crippen molar-refractivity contribution in [1.82, 2.24) is 0 Å². The Morgan fingerprint density at radius 1 is 1.53 bits per heavy atom. The summed E-state index contributed by atoms with van der Waals surface area (Å²) in [4.78, 5) is 11.7. The number of aliphatic hydroxyl groups excluding tert-OH is 1. The van der Waals surface area contributed by atoms with Gasteiger partial charge in [0.25, 0.3) is 0 Å². The average molecular weight is 264 g/mol. The van der Waals surface area contributed by atoms with Crippen LogP contribution in [-0.2, 0) is 9.53 Å². The van der Waals surface area contributed by atoms with Gasteiger partial charge < -0.3 is 14.9 Å². The van der Waals surface area contributed by atoms with Gasteiger partial charge in [-0.1, -0.05) is 18.2 Å². The lowest BCUT2D eigenvalue weighted by atomic mass is 9.76. The van der Waals surface area contributed by atoms with Crippen molar-refractivity contribution in [3.8, 4) is 0 Å². The van der Waals surface area contributed by atoms with E-state index in [-0.39, 0.29) is 29.8 Å². The largest absolute Gasteiger partial charge is 0.458 e. The van der Waals surface area contributed by atoms with Crippen molar-refractivity contribution in [3.05, 3.63) is 23.8 Å². The summed E-state index contributed by atoms with van der Waals surface area (Å²) in [7, 11) is 0. The van der Waals surface area contributed by atoms with E-state index in [0.29, 0.717) is 18.4 Å². The van der Waals surface area contributed by atoms with Gasteiger partial charge in [-0.25, -0.2) is 4.79 Å². The molecule has 2 fully saturated rings. The van der Waals surface area contributed by atoms with Crippen molar-refractivity contribution >= 4 is 5.97 Å². The van der Waals surface area contributed by atoms with Crippen LogP contribution in [0, 0.1) is 17.8 Å². The van der Waals surface area contributed by atoms with Crippen LogP contribution in [0.1, 0.15) is 26.7 Å². The molecule has 19 heavy (non-hydrogen) atoms. The molecule has 6 atom stereocenters. The molecule has 0 aromatic rings. The Hall–Kier alpha value is -1.13. The molecule has 3 aliphatic rings. The van der Waals surface area contributed by atoms with Gasteiger partial charge in [0.2, 0.25) is 0 Å². The summed E-state index contributed by atoms with van der Waals surface area (Å²) < 4.78 is 5.48. The van der Waals surface area contributed by atoms with Gasteiger partial charge in [-0.2, -0.15) is 0 Å². The summed E-state index contributed by atoms with van der Waals surface area (Å²) >= 11 is 0. The predicted octanol–water partition coefficient (Wildman–Crippen LogP) is 1.18. The first-order valence-electron chi connectivity index (χ1n) is 6.81. The number of hydrogen-bond acceptors (Lipinski definition) is 4. The Labute approximate surface area is 112 Å². The van der Waals surface area contributed by atoms with Crippen LogP contribution in [0.4, 0.5) is 0 Å². The molecule has 0 spiro atoms. The molecule has 104 valence electrons. The highest BCUT2D eigenvalue weighted by Crippen LogP contribution is 2.51. The molecule has 1 aliphatic heterocycles. The minimum absolute atomic E-state index is 0.0136. The Balaban J connectivity index is 2.06. The van der Waals surface area contributed by atoms with E-state index in [2.05, 4.69) is 12.7 Å². The van der Waals surface area contributed by atoms with Gasteiger partial charge in [0.05, 0.1) is 11.7 Å². The van der Waals surface area contributed by atoms with E-state index in [1.54, 1.807) is 6.92 Å². The fourth-order valence-electron chi connectivity index (χ4n) is 3.96. The smallest absolute Gasteiger partial charge is 0.334 e. The zero-order chi connectivity index (χ0) is 13.9. The van der Waals surface area contributed by atoms with Crippen LogP contribution in [-0.4, -0.2) is 34.0 Å². The molecular weight excluding hydrogens is 244 g/mol. The maximum atomic E-state index is 11.7. The first-order valence-corrected chi connectivity index (χ1v) is 6.81. The predicted molar refractivity (Wildman–Crippen MR) is 69.1 cm³/mol. The maximum Gasteiger partial charge on any atom is 0.334 e. The van der Waals surface area contributed by atoms with E-state index in [1.165, 1.54) is 0 Å². The SMILES string of the molecule is C=C1C(=O)O[C@@H]2[C@H]3C(C)=CC[C@H]3[C@](C)(O)[C@H](O)C[C@@H]12. The number of fused-ring (bicyclic) bond motifs is 3. The van der Waals surface area contributed by atoms with E-state index < -0.39 is 11.7 Å². The lowest BCUT2D eigenvalue weighted by Crippen LogP contribution is -2.47. The van der Waals surface area contributed by atoms with Gasteiger partial charge in [-0.05, 0) is 26.7 Å². The first kappa shape index (κ1) is 12.9. The molecule has 4 heteroatoms. The number of allylic oxidation sites excluding steroid dienone is 1. The van der Waals surface area contributed by atoms with E-state index in [0.717, 1.165) is 5.57 Å². The van der Waals surface area contributed by atoms with Crippen LogP contribution < -0.4 is 0 Å². The van der Waals surface area contributed by atoms with Gasteiger partial charge >= 0.3 is 5.97 Å². The van der Waals surface area contributed by atoms with Crippen molar-refractivity contribution in [3.63, 3.8) is 0 Å². The van der Waals surface area contributed by atoms with Gasteiger partial charge in [-0.3, -0.25) is 0 Å². The molecule has 0 amide bonds. The lowest BCUT2D eigenvalue weighted by molar-refractivity contribution is -0.143. The topological polar surface area (TPSA) is 66.8 Å². The summed E-state index contributed by atoms with van der Waals surface area (Å²) in [6.07, 6.45) is 1.98. The van der Waals surface area contributed by atoms with Crippen LogP contribution in [0.5, 0.6) is 0 Å². The molecule has 1 saturated carbocycles. The maximum absolute atomic E-state index is 11.7. The standard InChI is InChI=1S/C15H20O4/c1-7-4-5-10-12(7)13-9(8(2)14(17)19-13)6-11(16)15(10,3)18/h4,9-13,16,18H,2,5-6H2,1,3H3/t9-,10+,11+,12-,13-,15-/m0/s1. The van der Waals surface area contributed by atoms with Gasteiger partial charge in [0, 0.05) is 23.3 Å². The van der Waals surface area contributed by atoms with Crippen LogP contribution >= 0.6 is 0 Å². The molecule has 2 N–H and O–H groups in total. The normalized spacial score (nSPS) is 49.3. The third-order valence-electron chi connectivity index (χ3n) is 5.26. The zero-order valence-corrected chi connectivity index (χ0v) is 11.3. The third kappa shape index (κ3) is 1.63. The fourth-order valence-corrected chi connectivity index (χ4v) is 3.96. The second-order valence-electron chi connectivity index (χ2n) is 6.30. The lowest BCUT2D eigenvalue weighted by Gasteiger charge is -2.37. The number of ether oxygens (including phenoxy) is 1. The molecule has 0 bridgehead atoms. The molecule has 1 saturated heterocycles. The molecule has 1 heterocycles. The molecule has 2 aliphatic carbocycles. The number of carbonyl (C=O) groups is 1. The molecule has 0 unspecified atom stereocenters. The number of rotatable bonds is 0. The second-order valence-corrected chi connectivity index (χ2v) is 6.30. The van der Waals surface area contributed by atoms with Crippen molar-refractivity contribution in [2.75, 3.05) is 0 Å². The monoisotopic (exact) mass is 264 g/mol. The highest BCUT2D eigenvalue weighted by atomic mass is 16.6. The van der Waals surface area contributed by atoms with Crippen molar-refractivity contribution in [2.24, 2.45) is 17.8 Å². The summed E-state index contributed by atoms with van der Waals surface area (Å²) in [5, 5.41) is 21.0. The molecule has 4 nitrogen and oxygen atoms in total. The summed E-state index contributed by atoms with van der Waals surface area (Å²) in [5.74, 6) is -0.663. The Kier molecular flexibility index (Phi) is 2.67. The van der Waals surface area contributed by atoms with Gasteiger partial charge in [-0.15, -0.1) is 0 Å². The van der Waals surface area contributed by atoms with E-state index in [9.17, 15) is 15.0 Å². The average Bonchev–Trinajstić information content (AvgIpc) is 2.82. The van der Waals surface area contributed by atoms with Crippen LogP contribution in [0.25, 0.3) is 0 Å². The minimum atomic E-state index is -1.16. The third-order valence-corrected chi connectivity index (χ3v) is 5.26. The highest BCUT2D eigenvalue weighted by Gasteiger charge is 2.57. The fraction of sp³-hybridized carbons (Fsp3) is 0.667. The van der Waals surface area contributed by atoms with Crippen LogP contribution in [0.15, 0.2) is 23.8 Å². The Bertz CT molecular complexity index is 477. The number of esters is 1. The van der Waals surface area contributed by atoms with Crippen LogP contribution in [0.3, 0.4) is 0 Å². The van der Waals surface area contributed by atoms with E-state index >= 15 is 0 Å². The highest BCUT2D eigenvalue weighted by molar-refractivity contribution is 5.91. The van der Waals surface area contributed by atoms with Gasteiger partial charge in [0.1, 0.15) is 6.10 Å². The van der Waals surface area contributed by atoms with Gasteiger partial charge in [0.15, 0.2) is 0 Å². The minimum Gasteiger partial charge on any atom is -0.458 e. The molecular formula is C15H20O4. The summed E-state index contributed by atoms with van der Waals surface area (Å²) in [6, 6.07) is 0. The van der Waals surface area contributed by atoms with Crippen molar-refractivity contribution in [2.45, 2.75) is 44.5 Å². The molecule has 3 rings (SSSR count). The number of carbonyl (C=O) groups excluding carboxylic acids is 1. The van der Waals surface area contributed by atoms with Crippen LogP contribution in [0.2, 0.25) is 0 Å².